The first-order valence-electron chi connectivity index (χ1n) is 8.94. The second kappa shape index (κ2) is 6.62. The van der Waals surface area contributed by atoms with Crippen molar-refractivity contribution in [1.82, 2.24) is 10.2 Å². The molecule has 3 fully saturated rings. The van der Waals surface area contributed by atoms with Crippen molar-refractivity contribution < 1.29 is 9.53 Å². The second-order valence-corrected chi connectivity index (χ2v) is 7.42. The molecule has 0 radical (unpaired) electrons. The molecule has 2 saturated heterocycles. The maximum Gasteiger partial charge on any atom is 0.222 e. The highest BCUT2D eigenvalue weighted by molar-refractivity contribution is 5.76. The molecular weight excluding hydrogens is 288 g/mol. The molecule has 0 bridgehead atoms. The van der Waals surface area contributed by atoms with E-state index in [0.717, 1.165) is 38.5 Å². The lowest BCUT2D eigenvalue weighted by Gasteiger charge is -2.19. The van der Waals surface area contributed by atoms with E-state index in [0.29, 0.717) is 18.4 Å². The molecule has 0 unspecified atom stereocenters. The summed E-state index contributed by atoms with van der Waals surface area (Å²) in [5.41, 5.74) is 1.36. The van der Waals surface area contributed by atoms with E-state index >= 15 is 0 Å². The Morgan fingerprint density at radius 3 is 2.78 bits per heavy atom. The van der Waals surface area contributed by atoms with Crippen LogP contribution in [0.15, 0.2) is 30.3 Å². The molecule has 124 valence electrons. The Morgan fingerprint density at radius 1 is 1.22 bits per heavy atom. The molecule has 2 heterocycles. The minimum atomic E-state index is 0.128. The highest BCUT2D eigenvalue weighted by atomic mass is 16.5. The molecule has 4 heteroatoms. The Bertz CT molecular complexity index is 530. The van der Waals surface area contributed by atoms with E-state index < -0.39 is 0 Å². The minimum Gasteiger partial charge on any atom is -0.373 e. The average molecular weight is 314 g/mol. The van der Waals surface area contributed by atoms with E-state index in [2.05, 4.69) is 40.5 Å². The lowest BCUT2D eigenvalue weighted by molar-refractivity contribution is -0.123. The van der Waals surface area contributed by atoms with E-state index in [1.807, 2.05) is 0 Å². The van der Waals surface area contributed by atoms with E-state index in [1.165, 1.54) is 18.4 Å². The van der Waals surface area contributed by atoms with Crippen molar-refractivity contribution in [3.63, 3.8) is 0 Å². The van der Waals surface area contributed by atoms with Gasteiger partial charge in [-0.1, -0.05) is 30.3 Å². The smallest absolute Gasteiger partial charge is 0.222 e. The molecule has 1 amide bonds. The van der Waals surface area contributed by atoms with Gasteiger partial charge in [-0.3, -0.25) is 9.69 Å². The van der Waals surface area contributed by atoms with E-state index in [-0.39, 0.29) is 12.0 Å². The molecule has 3 aliphatic rings. The molecule has 4 nitrogen and oxygen atoms in total. The maximum absolute atomic E-state index is 12.0. The van der Waals surface area contributed by atoms with Crippen LogP contribution in [0.25, 0.3) is 0 Å². The summed E-state index contributed by atoms with van der Waals surface area (Å²) in [4.78, 5) is 14.4. The molecule has 0 spiro atoms. The van der Waals surface area contributed by atoms with Gasteiger partial charge >= 0.3 is 0 Å². The molecule has 23 heavy (non-hydrogen) atoms. The molecule has 2 aliphatic heterocycles. The number of nitrogens with zero attached hydrogens (tertiary/aromatic N) is 1. The van der Waals surface area contributed by atoms with Gasteiger partial charge in [-0.25, -0.2) is 0 Å². The monoisotopic (exact) mass is 314 g/mol. The van der Waals surface area contributed by atoms with Crippen molar-refractivity contribution in [3.05, 3.63) is 35.9 Å². The van der Waals surface area contributed by atoms with Gasteiger partial charge < -0.3 is 10.1 Å². The van der Waals surface area contributed by atoms with E-state index in [1.54, 1.807) is 0 Å². The largest absolute Gasteiger partial charge is 0.373 e. The van der Waals surface area contributed by atoms with Gasteiger partial charge in [-0.2, -0.15) is 0 Å². The lowest BCUT2D eigenvalue weighted by Crippen LogP contribution is -2.30. The first-order valence-corrected chi connectivity index (χ1v) is 8.94. The highest BCUT2D eigenvalue weighted by Crippen LogP contribution is 2.35. The Balaban J connectivity index is 1.21. The van der Waals surface area contributed by atoms with Crippen molar-refractivity contribution in [2.24, 2.45) is 11.8 Å². The Morgan fingerprint density at radius 2 is 2.04 bits per heavy atom. The van der Waals surface area contributed by atoms with Crippen LogP contribution in [0.2, 0.25) is 0 Å². The third-order valence-electron chi connectivity index (χ3n) is 5.34. The zero-order chi connectivity index (χ0) is 15.6. The number of hydrogen-bond donors (Lipinski definition) is 1. The fourth-order valence-corrected chi connectivity index (χ4v) is 3.91. The second-order valence-electron chi connectivity index (χ2n) is 7.42. The number of nitrogens with one attached hydrogen (secondary N) is 1. The maximum atomic E-state index is 12.0. The number of hydrogen-bond acceptors (Lipinski definition) is 3. The number of carbonyl (C=O) groups is 1. The Hall–Kier alpha value is -1.39. The Labute approximate surface area is 138 Å². The molecule has 3 atom stereocenters. The summed E-state index contributed by atoms with van der Waals surface area (Å²) < 4.78 is 6.14. The molecule has 1 aromatic carbocycles. The predicted octanol–water partition coefficient (Wildman–Crippen LogP) is 2.19. The van der Waals surface area contributed by atoms with Crippen molar-refractivity contribution in [1.29, 1.82) is 0 Å². The van der Waals surface area contributed by atoms with E-state index in [4.69, 9.17) is 4.74 Å². The first kappa shape index (κ1) is 15.2. The van der Waals surface area contributed by atoms with Crippen LogP contribution in [-0.2, 0) is 16.1 Å². The number of fused-ring (bicyclic) bond motifs is 1. The predicted molar refractivity (Wildman–Crippen MR) is 88.8 cm³/mol. The van der Waals surface area contributed by atoms with Crippen molar-refractivity contribution in [3.8, 4) is 0 Å². The number of rotatable bonds is 6. The lowest BCUT2D eigenvalue weighted by atomic mass is 10.0. The summed E-state index contributed by atoms with van der Waals surface area (Å²) in [7, 11) is 0. The molecule has 1 N–H and O–H groups in total. The van der Waals surface area contributed by atoms with Gasteiger partial charge in [-0.15, -0.1) is 0 Å². The normalized spacial score (nSPS) is 30.3. The number of ether oxygens (including phenoxy) is 1. The van der Waals surface area contributed by atoms with Crippen LogP contribution < -0.4 is 5.32 Å². The Kier molecular flexibility index (Phi) is 4.36. The summed E-state index contributed by atoms with van der Waals surface area (Å²) in [5.74, 6) is 1.51. The van der Waals surface area contributed by atoms with Gasteiger partial charge in [0.25, 0.3) is 0 Å². The molecule has 1 saturated carbocycles. The van der Waals surface area contributed by atoms with Crippen molar-refractivity contribution in [2.45, 2.75) is 44.4 Å². The summed E-state index contributed by atoms with van der Waals surface area (Å²) in [6, 6.07) is 10.6. The summed E-state index contributed by atoms with van der Waals surface area (Å²) >= 11 is 0. The molecule has 4 rings (SSSR count). The van der Waals surface area contributed by atoms with Crippen LogP contribution in [0.3, 0.4) is 0 Å². The molecule has 1 aliphatic carbocycles. The summed E-state index contributed by atoms with van der Waals surface area (Å²) in [5, 5.41) is 3.05. The van der Waals surface area contributed by atoms with Crippen LogP contribution in [0.4, 0.5) is 0 Å². The fraction of sp³-hybridized carbons (Fsp3) is 0.632. The number of amides is 1. The molecule has 0 aromatic heterocycles. The topological polar surface area (TPSA) is 41.6 Å². The average Bonchev–Trinajstić information content (AvgIpc) is 3.20. The van der Waals surface area contributed by atoms with Crippen molar-refractivity contribution in [2.75, 3.05) is 19.6 Å². The summed E-state index contributed by atoms with van der Waals surface area (Å²) in [6.07, 6.45) is 4.58. The third-order valence-corrected chi connectivity index (χ3v) is 5.34. The summed E-state index contributed by atoms with van der Waals surface area (Å²) in [6.45, 7) is 3.96. The van der Waals surface area contributed by atoms with Gasteiger partial charge in [0.05, 0.1) is 18.6 Å². The standard InChI is InChI=1S/C19H26N2O2/c22-19(20-10-14-6-7-14)9-17-8-16-12-21(13-18(16)23-17)11-15-4-2-1-3-5-15/h1-5,14,16-18H,6-13H2,(H,20,22)/t16-,17+,18+/m0/s1. The third kappa shape index (κ3) is 3.93. The zero-order valence-corrected chi connectivity index (χ0v) is 13.6. The number of carbonyl (C=O) groups excluding carboxylic acids is 1. The first-order chi connectivity index (χ1) is 11.3. The van der Waals surface area contributed by atoms with Crippen LogP contribution in [0.5, 0.6) is 0 Å². The highest BCUT2D eigenvalue weighted by Gasteiger charge is 2.42. The van der Waals surface area contributed by atoms with Crippen LogP contribution in [0.1, 0.15) is 31.2 Å². The minimum absolute atomic E-state index is 0.128. The van der Waals surface area contributed by atoms with Gasteiger partial charge in [0.15, 0.2) is 0 Å². The number of benzene rings is 1. The molecular formula is C19H26N2O2. The molecule has 1 aromatic rings. The number of likely N-dealkylation sites (tertiary alicyclic amines) is 1. The van der Waals surface area contributed by atoms with E-state index in [9.17, 15) is 4.79 Å². The van der Waals surface area contributed by atoms with Crippen LogP contribution in [0, 0.1) is 11.8 Å². The SMILES string of the molecule is O=C(C[C@H]1C[C@H]2CN(Cc3ccccc3)C[C@H]2O1)NCC1CC1. The quantitative estimate of drug-likeness (QED) is 0.875. The van der Waals surface area contributed by atoms with Crippen LogP contribution >= 0.6 is 0 Å². The van der Waals surface area contributed by atoms with Gasteiger partial charge in [0, 0.05) is 32.1 Å². The van der Waals surface area contributed by atoms with Crippen molar-refractivity contribution >= 4 is 5.91 Å². The zero-order valence-electron chi connectivity index (χ0n) is 13.6. The van der Waals surface area contributed by atoms with Gasteiger partial charge in [0.2, 0.25) is 5.91 Å². The van der Waals surface area contributed by atoms with Gasteiger partial charge in [-0.05, 0) is 30.7 Å². The van der Waals surface area contributed by atoms with Crippen LogP contribution in [-0.4, -0.2) is 42.6 Å². The fourth-order valence-electron chi connectivity index (χ4n) is 3.91. The van der Waals surface area contributed by atoms with Gasteiger partial charge in [0.1, 0.15) is 0 Å².